The number of carbonyl (C=O) groups excluding carboxylic acids is 1. The van der Waals surface area contributed by atoms with Gasteiger partial charge in [0.2, 0.25) is 0 Å². The third kappa shape index (κ3) is 3.61. The van der Waals surface area contributed by atoms with Gasteiger partial charge in [0.25, 0.3) is 5.91 Å². The van der Waals surface area contributed by atoms with Crippen molar-refractivity contribution >= 4 is 34.8 Å². The van der Waals surface area contributed by atoms with Gasteiger partial charge in [-0.2, -0.15) is 0 Å². The van der Waals surface area contributed by atoms with E-state index in [-0.39, 0.29) is 11.6 Å². The molecule has 1 N–H and O–H groups in total. The molecule has 8 heteroatoms. The van der Waals surface area contributed by atoms with Gasteiger partial charge < -0.3 is 5.32 Å². The van der Waals surface area contributed by atoms with Crippen molar-refractivity contribution in [2.75, 3.05) is 5.32 Å². The van der Waals surface area contributed by atoms with Crippen LogP contribution in [0.15, 0.2) is 49.3 Å². The number of halogens is 2. The van der Waals surface area contributed by atoms with Crippen LogP contribution >= 0.6 is 23.2 Å². The predicted molar refractivity (Wildman–Crippen MR) is 87.5 cm³/mol. The summed E-state index contributed by atoms with van der Waals surface area (Å²) in [5.74, 6) is -0.386. The van der Waals surface area contributed by atoms with E-state index in [0.29, 0.717) is 21.4 Å². The van der Waals surface area contributed by atoms with Crippen LogP contribution < -0.4 is 5.32 Å². The molecule has 3 aromatic rings. The van der Waals surface area contributed by atoms with E-state index in [1.807, 2.05) is 0 Å². The summed E-state index contributed by atoms with van der Waals surface area (Å²) in [5, 5.41) is 3.52. The minimum Gasteiger partial charge on any atom is -0.318 e. The predicted octanol–water partition coefficient (Wildman–Crippen LogP) is 3.49. The molecule has 0 aliphatic heterocycles. The Kier molecular flexibility index (Phi) is 4.45. The molecule has 0 aliphatic rings. The Bertz CT molecular complexity index is 857. The highest BCUT2D eigenvalue weighted by Crippen LogP contribution is 2.27. The molecule has 0 saturated heterocycles. The van der Waals surface area contributed by atoms with Crippen LogP contribution in [0.4, 0.5) is 5.69 Å². The molecular formula is C15H9Cl2N5O. The number of anilines is 1. The standard InChI is InChI=1S/C15H9Cl2N5O/c16-11-2-1-9(3-12(11)17)13-4-14(21-8-20-13)15(23)22-10-5-18-7-19-6-10/h1-8H,(H,22,23). The Hall–Kier alpha value is -2.57. The summed E-state index contributed by atoms with van der Waals surface area (Å²) in [7, 11) is 0. The summed E-state index contributed by atoms with van der Waals surface area (Å²) in [6.07, 6.45) is 5.68. The van der Waals surface area contributed by atoms with E-state index < -0.39 is 0 Å². The molecule has 6 nitrogen and oxygen atoms in total. The first kappa shape index (κ1) is 15.3. The smallest absolute Gasteiger partial charge is 0.274 e. The lowest BCUT2D eigenvalue weighted by Crippen LogP contribution is -2.14. The van der Waals surface area contributed by atoms with Crippen LogP contribution in [0.2, 0.25) is 10.0 Å². The Labute approximate surface area is 141 Å². The highest BCUT2D eigenvalue weighted by molar-refractivity contribution is 6.42. The molecule has 1 aromatic carbocycles. The number of nitrogens with one attached hydrogen (secondary N) is 1. The van der Waals surface area contributed by atoms with Gasteiger partial charge in [-0.3, -0.25) is 4.79 Å². The molecular weight excluding hydrogens is 337 g/mol. The summed E-state index contributed by atoms with van der Waals surface area (Å²) in [5.41, 5.74) is 1.99. The SMILES string of the molecule is O=C(Nc1cncnc1)c1cc(-c2ccc(Cl)c(Cl)c2)ncn1. The monoisotopic (exact) mass is 345 g/mol. The van der Waals surface area contributed by atoms with Crippen LogP contribution in [-0.2, 0) is 0 Å². The average Bonchev–Trinajstić information content (AvgIpc) is 2.58. The molecule has 1 amide bonds. The van der Waals surface area contributed by atoms with E-state index >= 15 is 0 Å². The quantitative estimate of drug-likeness (QED) is 0.785. The molecule has 0 bridgehead atoms. The maximum atomic E-state index is 12.2. The summed E-state index contributed by atoms with van der Waals surface area (Å²) < 4.78 is 0. The first-order valence-corrected chi connectivity index (χ1v) is 7.23. The number of hydrogen-bond donors (Lipinski definition) is 1. The first-order chi connectivity index (χ1) is 11.1. The molecule has 0 fully saturated rings. The third-order valence-corrected chi connectivity index (χ3v) is 3.67. The molecule has 0 saturated carbocycles. The van der Waals surface area contributed by atoms with Crippen molar-refractivity contribution in [3.05, 3.63) is 65.1 Å². The first-order valence-electron chi connectivity index (χ1n) is 6.47. The lowest BCUT2D eigenvalue weighted by atomic mass is 10.1. The highest BCUT2D eigenvalue weighted by Gasteiger charge is 2.11. The fourth-order valence-corrected chi connectivity index (χ4v) is 2.15. The normalized spacial score (nSPS) is 10.3. The molecule has 2 heterocycles. The Balaban J connectivity index is 1.87. The van der Waals surface area contributed by atoms with Crippen LogP contribution in [-0.4, -0.2) is 25.8 Å². The van der Waals surface area contributed by atoms with Gasteiger partial charge >= 0.3 is 0 Å². The van der Waals surface area contributed by atoms with Crippen molar-refractivity contribution in [1.29, 1.82) is 0 Å². The van der Waals surface area contributed by atoms with Crippen molar-refractivity contribution < 1.29 is 4.79 Å². The zero-order valence-corrected chi connectivity index (χ0v) is 13.1. The number of rotatable bonds is 3. The molecule has 2 aromatic heterocycles. The van der Waals surface area contributed by atoms with Gasteiger partial charge in [-0.15, -0.1) is 0 Å². The zero-order valence-electron chi connectivity index (χ0n) is 11.6. The van der Waals surface area contributed by atoms with E-state index in [1.165, 1.54) is 25.0 Å². The van der Waals surface area contributed by atoms with E-state index in [2.05, 4.69) is 25.3 Å². The van der Waals surface area contributed by atoms with Crippen LogP contribution in [0.25, 0.3) is 11.3 Å². The Morgan fingerprint density at radius 1 is 0.957 bits per heavy atom. The molecule has 0 atom stereocenters. The molecule has 0 radical (unpaired) electrons. The van der Waals surface area contributed by atoms with E-state index in [1.54, 1.807) is 24.3 Å². The van der Waals surface area contributed by atoms with Gasteiger partial charge in [-0.05, 0) is 18.2 Å². The average molecular weight is 346 g/mol. The van der Waals surface area contributed by atoms with Gasteiger partial charge in [-0.1, -0.05) is 29.3 Å². The van der Waals surface area contributed by atoms with Crippen molar-refractivity contribution in [1.82, 2.24) is 19.9 Å². The van der Waals surface area contributed by atoms with Gasteiger partial charge in [0, 0.05) is 5.56 Å². The minimum absolute atomic E-state index is 0.213. The third-order valence-electron chi connectivity index (χ3n) is 2.93. The molecule has 0 spiro atoms. The van der Waals surface area contributed by atoms with Gasteiger partial charge in [0.15, 0.2) is 0 Å². The van der Waals surface area contributed by atoms with Crippen LogP contribution in [0.5, 0.6) is 0 Å². The summed E-state index contributed by atoms with van der Waals surface area (Å²) >= 11 is 11.9. The number of hydrogen-bond acceptors (Lipinski definition) is 5. The maximum Gasteiger partial charge on any atom is 0.274 e. The molecule has 23 heavy (non-hydrogen) atoms. The largest absolute Gasteiger partial charge is 0.318 e. The van der Waals surface area contributed by atoms with E-state index in [4.69, 9.17) is 23.2 Å². The van der Waals surface area contributed by atoms with Gasteiger partial charge in [0.1, 0.15) is 18.3 Å². The van der Waals surface area contributed by atoms with Crippen LogP contribution in [0.1, 0.15) is 10.5 Å². The second-order valence-electron chi connectivity index (χ2n) is 4.50. The van der Waals surface area contributed by atoms with Crippen molar-refractivity contribution in [3.63, 3.8) is 0 Å². The van der Waals surface area contributed by atoms with E-state index in [9.17, 15) is 4.79 Å². The number of aromatic nitrogens is 4. The van der Waals surface area contributed by atoms with Crippen molar-refractivity contribution in [2.24, 2.45) is 0 Å². The number of amides is 1. The highest BCUT2D eigenvalue weighted by atomic mass is 35.5. The fourth-order valence-electron chi connectivity index (χ4n) is 1.85. The van der Waals surface area contributed by atoms with Gasteiger partial charge in [-0.25, -0.2) is 19.9 Å². The zero-order chi connectivity index (χ0) is 16.2. The lowest BCUT2D eigenvalue weighted by molar-refractivity contribution is 0.102. The molecule has 0 unspecified atom stereocenters. The summed E-state index contributed by atoms with van der Waals surface area (Å²) in [6, 6.07) is 6.68. The Morgan fingerprint density at radius 3 is 2.48 bits per heavy atom. The molecule has 3 rings (SSSR count). The van der Waals surface area contributed by atoms with Crippen molar-refractivity contribution in [2.45, 2.75) is 0 Å². The maximum absolute atomic E-state index is 12.2. The lowest BCUT2D eigenvalue weighted by Gasteiger charge is -2.06. The van der Waals surface area contributed by atoms with Gasteiger partial charge in [0.05, 0.1) is 33.8 Å². The topological polar surface area (TPSA) is 80.7 Å². The summed E-state index contributed by atoms with van der Waals surface area (Å²) in [4.78, 5) is 28.0. The van der Waals surface area contributed by atoms with Crippen LogP contribution in [0.3, 0.4) is 0 Å². The number of benzene rings is 1. The minimum atomic E-state index is -0.386. The molecule has 114 valence electrons. The van der Waals surface area contributed by atoms with Crippen LogP contribution in [0, 0.1) is 0 Å². The van der Waals surface area contributed by atoms with E-state index in [0.717, 1.165) is 5.56 Å². The van der Waals surface area contributed by atoms with Crippen molar-refractivity contribution in [3.8, 4) is 11.3 Å². The second-order valence-corrected chi connectivity index (χ2v) is 5.31. The number of nitrogens with zero attached hydrogens (tertiary/aromatic N) is 4. The number of carbonyl (C=O) groups is 1. The fraction of sp³-hybridized carbons (Fsp3) is 0. The second kappa shape index (κ2) is 6.68. The molecule has 0 aliphatic carbocycles. The Morgan fingerprint density at radius 2 is 1.74 bits per heavy atom. The summed E-state index contributed by atoms with van der Waals surface area (Å²) in [6.45, 7) is 0.